The number of nitrogens with zero attached hydrogens (tertiary/aromatic N) is 1. The number of hydrogen-bond acceptors (Lipinski definition) is 11. The van der Waals surface area contributed by atoms with Gasteiger partial charge in [-0.15, -0.1) is 0 Å². The molecular formula is C38H57NO10. The summed E-state index contributed by atoms with van der Waals surface area (Å²) in [5.41, 5.74) is 3.18. The summed E-state index contributed by atoms with van der Waals surface area (Å²) in [6.07, 6.45) is 9.82. The molecule has 5 aliphatic rings. The summed E-state index contributed by atoms with van der Waals surface area (Å²) < 4.78 is 29.1. The van der Waals surface area contributed by atoms with Crippen molar-refractivity contribution in [3.63, 3.8) is 0 Å². The highest BCUT2D eigenvalue weighted by molar-refractivity contribution is 5.69. The van der Waals surface area contributed by atoms with Gasteiger partial charge in [0.05, 0.1) is 12.2 Å². The second-order valence-electron chi connectivity index (χ2n) is 14.6. The molecule has 1 aromatic rings. The van der Waals surface area contributed by atoms with Crippen molar-refractivity contribution in [2.75, 3.05) is 19.9 Å². The highest BCUT2D eigenvalue weighted by Crippen LogP contribution is 2.50. The molecule has 274 valence electrons. The molecule has 11 heteroatoms. The van der Waals surface area contributed by atoms with E-state index in [-0.39, 0.29) is 31.8 Å². The second-order valence-corrected chi connectivity index (χ2v) is 14.6. The van der Waals surface area contributed by atoms with Crippen LogP contribution in [0.25, 0.3) is 0 Å². The zero-order valence-electron chi connectivity index (χ0n) is 29.0. The van der Waals surface area contributed by atoms with Crippen LogP contribution >= 0.6 is 0 Å². The fraction of sp³-hybridized carbons (Fsp3) is 0.763. The van der Waals surface area contributed by atoms with Gasteiger partial charge in [0.15, 0.2) is 17.8 Å². The van der Waals surface area contributed by atoms with E-state index in [2.05, 4.69) is 11.8 Å². The maximum Gasteiger partial charge on any atom is 0.305 e. The number of unbranched alkanes of at least 4 members (excludes halogenated alkanes) is 12. The Hall–Kier alpha value is -2.25. The van der Waals surface area contributed by atoms with Crippen molar-refractivity contribution >= 4 is 5.97 Å². The molecule has 0 spiro atoms. The number of carbonyl (C=O) groups excluding carboxylic acids is 1. The zero-order valence-corrected chi connectivity index (χ0v) is 29.0. The minimum Gasteiger partial charge on any atom is -0.463 e. The van der Waals surface area contributed by atoms with Crippen LogP contribution < -0.4 is 9.47 Å². The lowest BCUT2D eigenvalue weighted by Gasteiger charge is -2.48. The van der Waals surface area contributed by atoms with Gasteiger partial charge in [0, 0.05) is 31.5 Å². The first-order valence-corrected chi connectivity index (χ1v) is 18.9. The van der Waals surface area contributed by atoms with Crippen LogP contribution in [0.3, 0.4) is 0 Å². The maximum absolute atomic E-state index is 12.5. The number of benzene rings is 1. The van der Waals surface area contributed by atoms with E-state index in [0.29, 0.717) is 11.5 Å². The third kappa shape index (κ3) is 8.63. The number of carbonyl (C=O) groups is 1. The van der Waals surface area contributed by atoms with Crippen molar-refractivity contribution in [1.29, 1.82) is 0 Å². The van der Waals surface area contributed by atoms with Crippen LogP contribution in [0.15, 0.2) is 23.8 Å². The molecule has 0 radical (unpaired) electrons. The Morgan fingerprint density at radius 2 is 1.51 bits per heavy atom. The van der Waals surface area contributed by atoms with Gasteiger partial charge in [-0.2, -0.15) is 0 Å². The predicted octanol–water partition coefficient (Wildman–Crippen LogP) is 4.61. The molecule has 0 saturated carbocycles. The molecular weight excluding hydrogens is 630 g/mol. The predicted molar refractivity (Wildman–Crippen MR) is 181 cm³/mol. The summed E-state index contributed by atoms with van der Waals surface area (Å²) in [4.78, 5) is 14.9. The minimum absolute atomic E-state index is 0.000578. The first-order chi connectivity index (χ1) is 23.9. The molecule has 4 heterocycles. The molecule has 0 amide bonds. The summed E-state index contributed by atoms with van der Waals surface area (Å²) in [7, 11) is 0. The summed E-state index contributed by atoms with van der Waals surface area (Å²) in [5.74, 6) is 0.640. The van der Waals surface area contributed by atoms with Crippen LogP contribution in [0.1, 0.15) is 120 Å². The first-order valence-electron chi connectivity index (χ1n) is 18.9. The molecule has 4 N–H and O–H groups in total. The Bertz CT molecular complexity index is 1270. The Kier molecular flexibility index (Phi) is 12.9. The van der Waals surface area contributed by atoms with Crippen LogP contribution in [-0.4, -0.2) is 100 Å². The lowest BCUT2D eigenvalue weighted by atomic mass is 9.73. The van der Waals surface area contributed by atoms with Crippen LogP contribution in [0.5, 0.6) is 11.5 Å². The van der Waals surface area contributed by atoms with Crippen molar-refractivity contribution in [3.8, 4) is 11.5 Å². The Morgan fingerprint density at radius 3 is 2.20 bits per heavy atom. The highest BCUT2D eigenvalue weighted by Gasteiger charge is 2.53. The zero-order chi connectivity index (χ0) is 34.3. The quantitative estimate of drug-likeness (QED) is 0.0975. The Balaban J connectivity index is 0.973. The van der Waals surface area contributed by atoms with E-state index in [0.717, 1.165) is 55.5 Å². The van der Waals surface area contributed by atoms with Crippen LogP contribution in [0.4, 0.5) is 0 Å². The van der Waals surface area contributed by atoms with E-state index in [9.17, 15) is 25.2 Å². The third-order valence-corrected chi connectivity index (χ3v) is 11.1. The number of esters is 1. The Morgan fingerprint density at radius 1 is 0.857 bits per heavy atom. The van der Waals surface area contributed by atoms with Gasteiger partial charge < -0.3 is 44.1 Å². The summed E-state index contributed by atoms with van der Waals surface area (Å²) >= 11 is 0. The highest BCUT2D eigenvalue weighted by atomic mass is 16.7. The van der Waals surface area contributed by atoms with Crippen LogP contribution in [0.2, 0.25) is 0 Å². The van der Waals surface area contributed by atoms with Crippen LogP contribution in [0, 0.1) is 0 Å². The molecule has 2 saturated heterocycles. The topological polar surface area (TPSA) is 147 Å². The normalized spacial score (nSPS) is 31.7. The first kappa shape index (κ1) is 36.5. The van der Waals surface area contributed by atoms with E-state index >= 15 is 0 Å². The van der Waals surface area contributed by atoms with E-state index in [1.54, 1.807) is 0 Å². The van der Waals surface area contributed by atoms with Gasteiger partial charge >= 0.3 is 5.97 Å². The number of ether oxygens (including phenoxy) is 5. The molecule has 0 aromatic heterocycles. The molecule has 49 heavy (non-hydrogen) atoms. The van der Waals surface area contributed by atoms with Crippen molar-refractivity contribution in [2.45, 2.75) is 165 Å². The maximum atomic E-state index is 12.5. The summed E-state index contributed by atoms with van der Waals surface area (Å²) in [5, 5.41) is 43.7. The molecule has 11 nitrogen and oxygen atoms in total. The van der Waals surface area contributed by atoms with Gasteiger partial charge in [-0.1, -0.05) is 95.6 Å². The lowest BCUT2D eigenvalue weighted by Crippen LogP contribution is -2.61. The van der Waals surface area contributed by atoms with Crippen molar-refractivity contribution in [2.24, 2.45) is 0 Å². The second kappa shape index (κ2) is 17.3. The molecule has 2 fully saturated rings. The number of rotatable bonds is 18. The Labute approximate surface area is 290 Å². The van der Waals surface area contributed by atoms with Gasteiger partial charge in [-0.3, -0.25) is 9.69 Å². The monoisotopic (exact) mass is 687 g/mol. The summed E-state index contributed by atoms with van der Waals surface area (Å²) in [6.45, 7) is 3.69. The molecule has 1 aliphatic carbocycles. The molecule has 6 rings (SSSR count). The van der Waals surface area contributed by atoms with Gasteiger partial charge in [0.1, 0.15) is 31.0 Å². The SMILES string of the molecule is CCCCCCCCCCCCCCCC(=O)OC[C@H]1O[C@@H](O[C@@H]2[C@@H]3c4cc5c(cc4CN4CCC(=C[C@H]2O)[C@@H]34)OCO5)[C@@H](O)[C@@H](O)[C@@H]1O. The smallest absolute Gasteiger partial charge is 0.305 e. The molecule has 1 aromatic carbocycles. The average Bonchev–Trinajstić information content (AvgIpc) is 3.73. The molecule has 9 atom stereocenters. The fourth-order valence-electron chi connectivity index (χ4n) is 8.35. The van der Waals surface area contributed by atoms with E-state index in [1.165, 1.54) is 64.2 Å². The minimum atomic E-state index is -1.59. The molecule has 0 bridgehead atoms. The molecule has 0 unspecified atom stereocenters. The summed E-state index contributed by atoms with van der Waals surface area (Å²) in [6, 6.07) is 3.95. The van der Waals surface area contributed by atoms with Crippen molar-refractivity contribution < 1.29 is 48.9 Å². The van der Waals surface area contributed by atoms with E-state index < -0.39 is 48.9 Å². The number of fused-ring (bicyclic) bond motifs is 3. The molecule has 4 aliphatic heterocycles. The number of aliphatic hydroxyl groups excluding tert-OH is 4. The standard InChI is InChI=1S/C38H57NO10/c1-2-3-4-5-6-7-8-9-10-11-12-13-14-15-31(41)45-22-30-34(42)35(43)36(44)38(48-30)49-37-27(40)18-24-16-17-39-21-25-19-28-29(47-23-46-28)20-26(25)32(37)33(24)39/h18-20,27,30,32-38,40,42-44H,2-17,21-23H2,1H3/t27-,30-,32-,33+,34-,35+,36+,37+,38+/m1/s1. The van der Waals surface area contributed by atoms with E-state index in [1.807, 2.05) is 18.2 Å². The van der Waals surface area contributed by atoms with Crippen molar-refractivity contribution in [3.05, 3.63) is 34.9 Å². The van der Waals surface area contributed by atoms with Gasteiger partial charge in [-0.05, 0) is 36.1 Å². The van der Waals surface area contributed by atoms with Crippen molar-refractivity contribution in [1.82, 2.24) is 4.90 Å². The largest absolute Gasteiger partial charge is 0.463 e. The van der Waals surface area contributed by atoms with E-state index in [4.69, 9.17) is 23.7 Å². The average molecular weight is 688 g/mol. The lowest BCUT2D eigenvalue weighted by molar-refractivity contribution is -0.319. The number of hydrogen-bond donors (Lipinski definition) is 4. The van der Waals surface area contributed by atoms with Gasteiger partial charge in [0.25, 0.3) is 0 Å². The van der Waals surface area contributed by atoms with Gasteiger partial charge in [-0.25, -0.2) is 0 Å². The van der Waals surface area contributed by atoms with Crippen LogP contribution in [-0.2, 0) is 25.5 Å². The third-order valence-electron chi connectivity index (χ3n) is 11.1. The fourth-order valence-corrected chi connectivity index (χ4v) is 8.35. The number of aliphatic hydroxyl groups is 4. The van der Waals surface area contributed by atoms with Gasteiger partial charge in [0.2, 0.25) is 6.79 Å².